The van der Waals surface area contributed by atoms with Gasteiger partial charge in [-0.05, 0) is 24.3 Å². The van der Waals surface area contributed by atoms with E-state index in [1.165, 1.54) is 0 Å². The van der Waals surface area contributed by atoms with Gasteiger partial charge in [-0.1, -0.05) is 30.3 Å². The molecule has 1 aromatic carbocycles. The summed E-state index contributed by atoms with van der Waals surface area (Å²) in [7, 11) is 0. The van der Waals surface area contributed by atoms with Crippen molar-refractivity contribution >= 4 is 6.03 Å². The summed E-state index contributed by atoms with van der Waals surface area (Å²) < 4.78 is 0. The molecule has 0 saturated heterocycles. The first kappa shape index (κ1) is 11.5. The second kappa shape index (κ2) is 5.35. The Balaban J connectivity index is 1.76. The fraction of sp³-hybridized carbons (Fsp3) is 0.385. The molecule has 1 aliphatic rings. The Morgan fingerprint density at radius 2 is 2.12 bits per heavy atom. The van der Waals surface area contributed by atoms with Crippen molar-refractivity contribution < 1.29 is 4.79 Å². The SMILES string of the molecule is N#CC(NC(=O)NCc1ccccc1)C1CC1. The quantitative estimate of drug-likeness (QED) is 0.826. The van der Waals surface area contributed by atoms with E-state index in [0.29, 0.717) is 12.5 Å². The van der Waals surface area contributed by atoms with Crippen LogP contribution in [0.3, 0.4) is 0 Å². The Kier molecular flexibility index (Phi) is 3.61. The highest BCUT2D eigenvalue weighted by molar-refractivity contribution is 5.74. The van der Waals surface area contributed by atoms with E-state index in [2.05, 4.69) is 16.7 Å². The van der Waals surface area contributed by atoms with E-state index in [1.54, 1.807) is 0 Å². The summed E-state index contributed by atoms with van der Waals surface area (Å²) >= 11 is 0. The zero-order chi connectivity index (χ0) is 12.1. The van der Waals surface area contributed by atoms with E-state index in [9.17, 15) is 4.79 Å². The number of hydrogen-bond acceptors (Lipinski definition) is 2. The van der Waals surface area contributed by atoms with Crippen LogP contribution in [0.15, 0.2) is 30.3 Å². The maximum Gasteiger partial charge on any atom is 0.316 e. The van der Waals surface area contributed by atoms with Crippen LogP contribution in [0.5, 0.6) is 0 Å². The van der Waals surface area contributed by atoms with Crippen LogP contribution in [0.1, 0.15) is 18.4 Å². The van der Waals surface area contributed by atoms with E-state index in [-0.39, 0.29) is 12.1 Å². The van der Waals surface area contributed by atoms with Gasteiger partial charge < -0.3 is 10.6 Å². The van der Waals surface area contributed by atoms with Crippen LogP contribution in [-0.2, 0) is 6.54 Å². The number of amides is 2. The van der Waals surface area contributed by atoms with Gasteiger partial charge in [0.15, 0.2) is 0 Å². The maximum absolute atomic E-state index is 11.5. The Morgan fingerprint density at radius 3 is 2.71 bits per heavy atom. The highest BCUT2D eigenvalue weighted by Crippen LogP contribution is 2.32. The number of rotatable bonds is 4. The lowest BCUT2D eigenvalue weighted by molar-refractivity contribution is 0.237. The Hall–Kier alpha value is -2.02. The van der Waals surface area contributed by atoms with Gasteiger partial charge in [-0.25, -0.2) is 4.79 Å². The molecular formula is C13H15N3O. The fourth-order valence-electron chi connectivity index (χ4n) is 1.66. The number of nitrogens with one attached hydrogen (secondary N) is 2. The van der Waals surface area contributed by atoms with Gasteiger partial charge in [0.2, 0.25) is 0 Å². The Morgan fingerprint density at radius 1 is 1.41 bits per heavy atom. The molecule has 1 unspecified atom stereocenters. The molecule has 4 heteroatoms. The number of hydrogen-bond donors (Lipinski definition) is 2. The molecule has 0 heterocycles. The third-order valence-electron chi connectivity index (χ3n) is 2.81. The predicted octanol–water partition coefficient (Wildman–Crippen LogP) is 1.79. The summed E-state index contributed by atoms with van der Waals surface area (Å²) in [6, 6.07) is 11.2. The zero-order valence-electron chi connectivity index (χ0n) is 9.52. The van der Waals surface area contributed by atoms with E-state index in [1.807, 2.05) is 30.3 Å². The molecule has 0 bridgehead atoms. The van der Waals surface area contributed by atoms with E-state index in [0.717, 1.165) is 18.4 Å². The van der Waals surface area contributed by atoms with Crippen LogP contribution in [0, 0.1) is 17.2 Å². The molecule has 1 atom stereocenters. The summed E-state index contributed by atoms with van der Waals surface area (Å²) in [5.74, 6) is 0.350. The van der Waals surface area contributed by atoms with Crippen LogP contribution < -0.4 is 10.6 Å². The largest absolute Gasteiger partial charge is 0.334 e. The molecule has 1 fully saturated rings. The van der Waals surface area contributed by atoms with Crippen molar-refractivity contribution in [1.82, 2.24) is 10.6 Å². The predicted molar refractivity (Wildman–Crippen MR) is 63.9 cm³/mol. The van der Waals surface area contributed by atoms with Crippen LogP contribution >= 0.6 is 0 Å². The van der Waals surface area contributed by atoms with Crippen molar-refractivity contribution in [3.8, 4) is 6.07 Å². The van der Waals surface area contributed by atoms with E-state index >= 15 is 0 Å². The van der Waals surface area contributed by atoms with Crippen molar-refractivity contribution in [3.05, 3.63) is 35.9 Å². The zero-order valence-corrected chi connectivity index (χ0v) is 9.52. The lowest BCUT2D eigenvalue weighted by atomic mass is 10.2. The molecule has 2 N–H and O–H groups in total. The Bertz CT molecular complexity index is 420. The summed E-state index contributed by atoms with van der Waals surface area (Å²) in [5.41, 5.74) is 1.04. The molecule has 17 heavy (non-hydrogen) atoms. The molecule has 0 aliphatic heterocycles. The van der Waals surface area contributed by atoms with E-state index < -0.39 is 0 Å². The van der Waals surface area contributed by atoms with Gasteiger partial charge in [0.05, 0.1) is 6.07 Å². The van der Waals surface area contributed by atoms with Gasteiger partial charge in [0.1, 0.15) is 6.04 Å². The summed E-state index contributed by atoms with van der Waals surface area (Å²) in [4.78, 5) is 11.5. The smallest absolute Gasteiger partial charge is 0.316 e. The minimum absolute atomic E-state index is 0.271. The summed E-state index contributed by atoms with van der Waals surface area (Å²) in [6.45, 7) is 0.482. The number of benzene rings is 1. The number of carbonyl (C=O) groups is 1. The third-order valence-corrected chi connectivity index (χ3v) is 2.81. The minimum Gasteiger partial charge on any atom is -0.334 e. The highest BCUT2D eigenvalue weighted by atomic mass is 16.2. The van der Waals surface area contributed by atoms with Crippen molar-refractivity contribution in [2.75, 3.05) is 0 Å². The standard InChI is InChI=1S/C13H15N3O/c14-8-12(11-6-7-11)16-13(17)15-9-10-4-2-1-3-5-10/h1-5,11-12H,6-7,9H2,(H2,15,16,17). The number of nitriles is 1. The van der Waals surface area contributed by atoms with Crippen molar-refractivity contribution in [3.63, 3.8) is 0 Å². The van der Waals surface area contributed by atoms with Crippen LogP contribution in [0.4, 0.5) is 4.79 Å². The normalized spacial score (nSPS) is 15.7. The van der Waals surface area contributed by atoms with Gasteiger partial charge >= 0.3 is 6.03 Å². The van der Waals surface area contributed by atoms with Crippen molar-refractivity contribution in [1.29, 1.82) is 5.26 Å². The molecule has 2 rings (SSSR count). The topological polar surface area (TPSA) is 64.9 Å². The number of urea groups is 1. The average Bonchev–Trinajstić information content (AvgIpc) is 3.19. The average molecular weight is 229 g/mol. The molecule has 1 aliphatic carbocycles. The van der Waals surface area contributed by atoms with Crippen LogP contribution in [-0.4, -0.2) is 12.1 Å². The molecule has 88 valence electrons. The second-order valence-corrected chi connectivity index (χ2v) is 4.26. The lowest BCUT2D eigenvalue weighted by Gasteiger charge is -2.11. The summed E-state index contributed by atoms with van der Waals surface area (Å²) in [5, 5.41) is 14.3. The highest BCUT2D eigenvalue weighted by Gasteiger charge is 2.32. The van der Waals surface area contributed by atoms with Gasteiger partial charge in [-0.3, -0.25) is 0 Å². The van der Waals surface area contributed by atoms with Crippen LogP contribution in [0.2, 0.25) is 0 Å². The molecule has 4 nitrogen and oxygen atoms in total. The molecule has 2 amide bonds. The monoisotopic (exact) mass is 229 g/mol. The van der Waals surface area contributed by atoms with Crippen LogP contribution in [0.25, 0.3) is 0 Å². The lowest BCUT2D eigenvalue weighted by Crippen LogP contribution is -2.42. The van der Waals surface area contributed by atoms with Crippen molar-refractivity contribution in [2.24, 2.45) is 5.92 Å². The van der Waals surface area contributed by atoms with Gasteiger partial charge in [-0.15, -0.1) is 0 Å². The molecule has 0 spiro atoms. The van der Waals surface area contributed by atoms with Crippen molar-refractivity contribution in [2.45, 2.75) is 25.4 Å². The minimum atomic E-state index is -0.342. The molecule has 0 aromatic heterocycles. The fourth-order valence-corrected chi connectivity index (χ4v) is 1.66. The number of nitrogens with zero attached hydrogens (tertiary/aromatic N) is 1. The number of carbonyl (C=O) groups excluding carboxylic acids is 1. The first-order valence-corrected chi connectivity index (χ1v) is 5.77. The maximum atomic E-state index is 11.5. The second-order valence-electron chi connectivity index (χ2n) is 4.26. The first-order valence-electron chi connectivity index (χ1n) is 5.77. The molecule has 1 saturated carbocycles. The first-order chi connectivity index (χ1) is 8.29. The van der Waals surface area contributed by atoms with E-state index in [4.69, 9.17) is 5.26 Å². The Labute approximate surface area is 101 Å². The molecular weight excluding hydrogens is 214 g/mol. The van der Waals surface area contributed by atoms with Gasteiger partial charge in [-0.2, -0.15) is 5.26 Å². The third kappa shape index (κ3) is 3.49. The van der Waals surface area contributed by atoms with Gasteiger partial charge in [0.25, 0.3) is 0 Å². The molecule has 0 radical (unpaired) electrons. The molecule has 1 aromatic rings. The summed E-state index contributed by atoms with van der Waals surface area (Å²) in [6.07, 6.45) is 2.08. The van der Waals surface area contributed by atoms with Gasteiger partial charge in [0, 0.05) is 6.54 Å².